The average molecular weight is 196 g/mol. The summed E-state index contributed by atoms with van der Waals surface area (Å²) < 4.78 is 1.63. The molecule has 0 saturated carbocycles. The molecule has 0 saturated heterocycles. The van der Waals surface area contributed by atoms with E-state index in [0.717, 1.165) is 18.8 Å². The Hall–Kier alpha value is -1.36. The molecule has 5 heteroatoms. The third-order valence-electron chi connectivity index (χ3n) is 2.04. The number of likely N-dealkylation sites (N-methyl/N-ethyl adjacent to an activating group) is 1. The van der Waals surface area contributed by atoms with Gasteiger partial charge in [0.05, 0.1) is 0 Å². The molecule has 1 aromatic rings. The van der Waals surface area contributed by atoms with Gasteiger partial charge in [0.2, 0.25) is 0 Å². The Morgan fingerprint density at radius 1 is 1.64 bits per heavy atom. The van der Waals surface area contributed by atoms with Crippen LogP contribution in [0.5, 0.6) is 0 Å². The van der Waals surface area contributed by atoms with Crippen molar-refractivity contribution in [3.8, 4) is 0 Å². The minimum absolute atomic E-state index is 0.0621. The van der Waals surface area contributed by atoms with Crippen LogP contribution in [-0.2, 0) is 6.54 Å². The number of anilines is 1. The highest BCUT2D eigenvalue weighted by Gasteiger charge is 2.03. The second-order valence-corrected chi connectivity index (χ2v) is 3.10. The average Bonchev–Trinajstić information content (AvgIpc) is 2.18. The number of hydrogen-bond donors (Lipinski definition) is 2. The fourth-order valence-corrected chi connectivity index (χ4v) is 1.23. The van der Waals surface area contributed by atoms with Crippen LogP contribution in [-0.4, -0.2) is 22.6 Å². The van der Waals surface area contributed by atoms with Crippen LogP contribution in [0, 0.1) is 6.92 Å². The van der Waals surface area contributed by atoms with Crippen molar-refractivity contribution in [3.63, 3.8) is 0 Å². The number of aromatic nitrogens is 2. The summed E-state index contributed by atoms with van der Waals surface area (Å²) in [7, 11) is 0. The molecule has 78 valence electrons. The SMILES string of the molecule is CCNCCn1c(C)cnc(N)c1=O. The van der Waals surface area contributed by atoms with Gasteiger partial charge in [0.25, 0.3) is 5.56 Å². The topological polar surface area (TPSA) is 72.9 Å². The molecule has 0 fully saturated rings. The quantitative estimate of drug-likeness (QED) is 0.651. The maximum Gasteiger partial charge on any atom is 0.293 e. The van der Waals surface area contributed by atoms with E-state index in [9.17, 15) is 4.79 Å². The lowest BCUT2D eigenvalue weighted by Gasteiger charge is -2.09. The maximum atomic E-state index is 11.5. The van der Waals surface area contributed by atoms with Gasteiger partial charge in [0, 0.05) is 25.0 Å². The molecular weight excluding hydrogens is 180 g/mol. The van der Waals surface area contributed by atoms with Crippen LogP contribution >= 0.6 is 0 Å². The summed E-state index contributed by atoms with van der Waals surface area (Å²) in [5.74, 6) is 0.0621. The summed E-state index contributed by atoms with van der Waals surface area (Å²) in [6.45, 7) is 6.16. The Kier molecular flexibility index (Phi) is 3.64. The Morgan fingerprint density at radius 2 is 2.36 bits per heavy atom. The van der Waals surface area contributed by atoms with Crippen molar-refractivity contribution < 1.29 is 0 Å². The van der Waals surface area contributed by atoms with Gasteiger partial charge >= 0.3 is 0 Å². The summed E-state index contributed by atoms with van der Waals surface area (Å²) in [6, 6.07) is 0. The molecule has 1 rings (SSSR count). The van der Waals surface area contributed by atoms with E-state index in [4.69, 9.17) is 5.73 Å². The van der Waals surface area contributed by atoms with E-state index in [1.165, 1.54) is 0 Å². The van der Waals surface area contributed by atoms with Gasteiger partial charge in [-0.1, -0.05) is 6.92 Å². The van der Waals surface area contributed by atoms with E-state index in [0.29, 0.717) is 6.54 Å². The third-order valence-corrected chi connectivity index (χ3v) is 2.04. The number of nitrogens with two attached hydrogens (primary N) is 1. The molecular formula is C9H16N4O. The second kappa shape index (κ2) is 4.76. The molecule has 0 bridgehead atoms. The van der Waals surface area contributed by atoms with E-state index in [1.807, 2.05) is 13.8 Å². The smallest absolute Gasteiger partial charge is 0.293 e. The Bertz CT molecular complexity index is 358. The van der Waals surface area contributed by atoms with E-state index < -0.39 is 0 Å². The van der Waals surface area contributed by atoms with Crippen molar-refractivity contribution in [1.82, 2.24) is 14.9 Å². The normalized spacial score (nSPS) is 10.4. The van der Waals surface area contributed by atoms with Crippen LogP contribution in [0.4, 0.5) is 5.82 Å². The van der Waals surface area contributed by atoms with Crippen molar-refractivity contribution in [3.05, 3.63) is 22.2 Å². The summed E-state index contributed by atoms with van der Waals surface area (Å²) >= 11 is 0. The predicted octanol–water partition coefficient (Wildman–Crippen LogP) is -0.257. The molecule has 14 heavy (non-hydrogen) atoms. The van der Waals surface area contributed by atoms with Crippen LogP contribution in [0.25, 0.3) is 0 Å². The van der Waals surface area contributed by atoms with Gasteiger partial charge in [0.1, 0.15) is 0 Å². The van der Waals surface area contributed by atoms with Crippen LogP contribution < -0.4 is 16.6 Å². The van der Waals surface area contributed by atoms with Crippen molar-refractivity contribution in [2.75, 3.05) is 18.8 Å². The minimum Gasteiger partial charge on any atom is -0.379 e. The van der Waals surface area contributed by atoms with Crippen molar-refractivity contribution >= 4 is 5.82 Å². The molecule has 0 aliphatic rings. The standard InChI is InChI=1S/C9H16N4O/c1-3-11-4-5-13-7(2)6-12-8(10)9(13)14/h6,11H,3-5H2,1-2H3,(H2,10,12). The molecule has 3 N–H and O–H groups in total. The van der Waals surface area contributed by atoms with Crippen molar-refractivity contribution in [2.45, 2.75) is 20.4 Å². The van der Waals surface area contributed by atoms with Gasteiger partial charge in [-0.25, -0.2) is 4.98 Å². The highest BCUT2D eigenvalue weighted by molar-refractivity contribution is 5.24. The molecule has 0 aliphatic carbocycles. The zero-order valence-corrected chi connectivity index (χ0v) is 8.58. The molecule has 1 heterocycles. The lowest BCUT2D eigenvalue weighted by atomic mass is 10.4. The highest BCUT2D eigenvalue weighted by Crippen LogP contribution is 1.94. The molecule has 0 spiro atoms. The molecule has 1 aromatic heterocycles. The molecule has 0 atom stereocenters. The van der Waals surface area contributed by atoms with Gasteiger partial charge in [-0.15, -0.1) is 0 Å². The van der Waals surface area contributed by atoms with Crippen LogP contribution in [0.2, 0.25) is 0 Å². The van der Waals surface area contributed by atoms with Crippen molar-refractivity contribution in [1.29, 1.82) is 0 Å². The summed E-state index contributed by atoms with van der Waals surface area (Å²) in [5.41, 5.74) is 6.06. The zero-order chi connectivity index (χ0) is 10.6. The number of rotatable bonds is 4. The highest BCUT2D eigenvalue weighted by atomic mass is 16.1. The number of aryl methyl sites for hydroxylation is 1. The molecule has 0 unspecified atom stereocenters. The Morgan fingerprint density at radius 3 is 3.00 bits per heavy atom. The molecule has 5 nitrogen and oxygen atoms in total. The number of nitrogens with one attached hydrogen (secondary N) is 1. The molecule has 0 radical (unpaired) electrons. The maximum absolute atomic E-state index is 11.5. The fraction of sp³-hybridized carbons (Fsp3) is 0.556. The van der Waals surface area contributed by atoms with Gasteiger partial charge in [-0.2, -0.15) is 0 Å². The van der Waals surface area contributed by atoms with Gasteiger partial charge in [0.15, 0.2) is 5.82 Å². The van der Waals surface area contributed by atoms with Crippen LogP contribution in [0.3, 0.4) is 0 Å². The lowest BCUT2D eigenvalue weighted by molar-refractivity contribution is 0.586. The predicted molar refractivity (Wildman–Crippen MR) is 56.2 cm³/mol. The van der Waals surface area contributed by atoms with Crippen molar-refractivity contribution in [2.24, 2.45) is 0 Å². The van der Waals surface area contributed by atoms with E-state index >= 15 is 0 Å². The summed E-state index contributed by atoms with van der Waals surface area (Å²) in [6.07, 6.45) is 1.61. The number of nitrogen functional groups attached to an aromatic ring is 1. The van der Waals surface area contributed by atoms with Gasteiger partial charge in [-0.3, -0.25) is 4.79 Å². The van der Waals surface area contributed by atoms with Gasteiger partial charge in [-0.05, 0) is 13.5 Å². The van der Waals surface area contributed by atoms with E-state index in [1.54, 1.807) is 10.8 Å². The summed E-state index contributed by atoms with van der Waals surface area (Å²) in [4.78, 5) is 15.3. The Balaban J connectivity index is 2.84. The minimum atomic E-state index is -0.206. The first-order valence-corrected chi connectivity index (χ1v) is 4.69. The van der Waals surface area contributed by atoms with E-state index in [2.05, 4.69) is 10.3 Å². The number of nitrogens with zero attached hydrogens (tertiary/aromatic N) is 2. The largest absolute Gasteiger partial charge is 0.379 e. The summed E-state index contributed by atoms with van der Waals surface area (Å²) in [5, 5.41) is 3.15. The first-order valence-electron chi connectivity index (χ1n) is 4.69. The van der Waals surface area contributed by atoms with E-state index in [-0.39, 0.29) is 11.4 Å². The monoisotopic (exact) mass is 196 g/mol. The zero-order valence-electron chi connectivity index (χ0n) is 8.58. The first kappa shape index (κ1) is 10.7. The molecule has 0 aromatic carbocycles. The fourth-order valence-electron chi connectivity index (χ4n) is 1.23. The molecule has 0 amide bonds. The lowest BCUT2D eigenvalue weighted by Crippen LogP contribution is -2.30. The second-order valence-electron chi connectivity index (χ2n) is 3.10. The molecule has 0 aliphatic heterocycles. The third kappa shape index (κ3) is 2.32. The van der Waals surface area contributed by atoms with Crippen LogP contribution in [0.15, 0.2) is 11.0 Å². The van der Waals surface area contributed by atoms with Crippen LogP contribution in [0.1, 0.15) is 12.6 Å². The first-order chi connectivity index (χ1) is 6.66. The van der Waals surface area contributed by atoms with Gasteiger partial charge < -0.3 is 15.6 Å². The Labute approximate surface area is 83.0 Å². The number of hydrogen-bond acceptors (Lipinski definition) is 4.